The molecule has 2 rings (SSSR count). The summed E-state index contributed by atoms with van der Waals surface area (Å²) in [6.45, 7) is 6.03. The molecule has 3 unspecified atom stereocenters. The van der Waals surface area contributed by atoms with Gasteiger partial charge in [-0.1, -0.05) is 12.2 Å². The number of methoxy groups -OCH3 is 1. The first kappa shape index (κ1) is 14.9. The fourth-order valence-electron chi connectivity index (χ4n) is 3.02. The van der Waals surface area contributed by atoms with E-state index in [1.165, 1.54) is 7.11 Å². The van der Waals surface area contributed by atoms with Crippen molar-refractivity contribution in [2.45, 2.75) is 45.3 Å². The van der Waals surface area contributed by atoms with E-state index < -0.39 is 17.7 Å². The van der Waals surface area contributed by atoms with Crippen LogP contribution in [-0.2, 0) is 14.3 Å². The molecule has 20 heavy (non-hydrogen) atoms. The van der Waals surface area contributed by atoms with Crippen molar-refractivity contribution in [2.75, 3.05) is 13.7 Å². The molecule has 0 bridgehead atoms. The normalized spacial score (nSPS) is 29.0. The Morgan fingerprint density at radius 1 is 1.20 bits per heavy atom. The number of allylic oxidation sites excluding steroid dienone is 2. The number of carbonyl (C=O) groups excluding carboxylic acids is 2. The molecule has 0 aromatic carbocycles. The number of nitrogens with zero attached hydrogens (tertiary/aromatic N) is 1. The highest BCUT2D eigenvalue weighted by Gasteiger charge is 2.49. The molecule has 1 fully saturated rings. The van der Waals surface area contributed by atoms with Crippen molar-refractivity contribution < 1.29 is 19.1 Å². The lowest BCUT2D eigenvalue weighted by molar-refractivity contribution is -0.147. The summed E-state index contributed by atoms with van der Waals surface area (Å²) in [4.78, 5) is 25.9. The van der Waals surface area contributed by atoms with E-state index in [0.717, 1.165) is 12.8 Å². The van der Waals surface area contributed by atoms with Crippen molar-refractivity contribution in [3.8, 4) is 0 Å². The van der Waals surface area contributed by atoms with Crippen molar-refractivity contribution in [1.29, 1.82) is 0 Å². The molecule has 2 aliphatic rings. The molecule has 1 amide bonds. The number of esters is 1. The first-order valence-electron chi connectivity index (χ1n) is 7.06. The van der Waals surface area contributed by atoms with Gasteiger partial charge in [0.1, 0.15) is 11.6 Å². The van der Waals surface area contributed by atoms with Gasteiger partial charge in [0.05, 0.1) is 7.11 Å². The van der Waals surface area contributed by atoms with E-state index in [9.17, 15) is 9.59 Å². The second-order valence-corrected chi connectivity index (χ2v) is 6.47. The largest absolute Gasteiger partial charge is 0.467 e. The van der Waals surface area contributed by atoms with Gasteiger partial charge in [-0.05, 0) is 45.4 Å². The molecule has 0 aromatic heterocycles. The van der Waals surface area contributed by atoms with Crippen LogP contribution in [0.5, 0.6) is 0 Å². The molecule has 0 spiro atoms. The average Bonchev–Trinajstić information content (AvgIpc) is 2.75. The molecule has 0 N–H and O–H groups in total. The molecular weight excluding hydrogens is 258 g/mol. The number of likely N-dealkylation sites (tertiary alicyclic amines) is 1. The van der Waals surface area contributed by atoms with Gasteiger partial charge < -0.3 is 9.47 Å². The molecule has 1 aliphatic carbocycles. The van der Waals surface area contributed by atoms with Crippen LogP contribution in [0.1, 0.15) is 33.6 Å². The second-order valence-electron chi connectivity index (χ2n) is 6.47. The van der Waals surface area contributed by atoms with Crippen LogP contribution in [0.4, 0.5) is 4.79 Å². The summed E-state index contributed by atoms with van der Waals surface area (Å²) in [6, 6.07) is -0.523. The third-order valence-electron chi connectivity index (χ3n) is 3.86. The predicted molar refractivity (Wildman–Crippen MR) is 74.1 cm³/mol. The Bertz CT molecular complexity index is 424. The lowest BCUT2D eigenvalue weighted by Crippen LogP contribution is -2.46. The maximum atomic E-state index is 12.3. The van der Waals surface area contributed by atoms with E-state index in [-0.39, 0.29) is 11.9 Å². The summed E-state index contributed by atoms with van der Waals surface area (Å²) in [6.07, 6.45) is 5.48. The molecule has 0 saturated carbocycles. The summed E-state index contributed by atoms with van der Waals surface area (Å²) < 4.78 is 10.3. The molecule has 1 heterocycles. The van der Waals surface area contributed by atoms with Crippen molar-refractivity contribution in [3.63, 3.8) is 0 Å². The van der Waals surface area contributed by atoms with Crippen molar-refractivity contribution in [1.82, 2.24) is 4.90 Å². The minimum Gasteiger partial charge on any atom is -0.467 e. The lowest BCUT2D eigenvalue weighted by atomic mass is 9.82. The van der Waals surface area contributed by atoms with Gasteiger partial charge in [-0.3, -0.25) is 4.90 Å². The van der Waals surface area contributed by atoms with Gasteiger partial charge in [-0.15, -0.1) is 0 Å². The molecule has 5 heteroatoms. The van der Waals surface area contributed by atoms with E-state index in [0.29, 0.717) is 12.5 Å². The fraction of sp³-hybridized carbons (Fsp3) is 0.733. The standard InChI is InChI=1S/C15H23NO4/c1-15(2,3)20-14(18)16-9-10-7-5-6-8-11(10)12(16)13(17)19-4/h5-6,10-12H,7-9H2,1-4H3. The second kappa shape index (κ2) is 5.46. The minimum absolute atomic E-state index is 0.139. The van der Waals surface area contributed by atoms with Crippen LogP contribution >= 0.6 is 0 Å². The SMILES string of the molecule is COC(=O)C1C2CC=CCC2CN1C(=O)OC(C)(C)C. The maximum Gasteiger partial charge on any atom is 0.411 e. The Morgan fingerprint density at radius 2 is 1.85 bits per heavy atom. The Balaban J connectivity index is 2.19. The molecule has 1 saturated heterocycles. The highest BCUT2D eigenvalue weighted by Crippen LogP contribution is 2.38. The molecular formula is C15H23NO4. The third kappa shape index (κ3) is 2.97. The van der Waals surface area contributed by atoms with Gasteiger partial charge in [0.15, 0.2) is 0 Å². The van der Waals surface area contributed by atoms with Gasteiger partial charge in [0.2, 0.25) is 0 Å². The topological polar surface area (TPSA) is 55.8 Å². The highest BCUT2D eigenvalue weighted by atomic mass is 16.6. The summed E-state index contributed by atoms with van der Waals surface area (Å²) in [5.41, 5.74) is -0.566. The van der Waals surface area contributed by atoms with Crippen molar-refractivity contribution in [3.05, 3.63) is 12.2 Å². The maximum absolute atomic E-state index is 12.3. The van der Waals surface area contributed by atoms with Gasteiger partial charge in [0.25, 0.3) is 0 Å². The highest BCUT2D eigenvalue weighted by molar-refractivity contribution is 5.82. The lowest BCUT2D eigenvalue weighted by Gasteiger charge is -2.29. The van der Waals surface area contributed by atoms with E-state index in [2.05, 4.69) is 12.2 Å². The number of rotatable bonds is 1. The molecule has 1 aliphatic heterocycles. The molecule has 3 atom stereocenters. The number of fused-ring (bicyclic) bond motifs is 1. The fourth-order valence-corrected chi connectivity index (χ4v) is 3.02. The van der Waals surface area contributed by atoms with E-state index in [1.54, 1.807) is 4.90 Å². The number of ether oxygens (including phenoxy) is 2. The molecule has 0 radical (unpaired) electrons. The van der Waals surface area contributed by atoms with Crippen LogP contribution < -0.4 is 0 Å². The summed E-state index contributed by atoms with van der Waals surface area (Å²) in [5, 5.41) is 0. The summed E-state index contributed by atoms with van der Waals surface area (Å²) >= 11 is 0. The van der Waals surface area contributed by atoms with Gasteiger partial charge in [-0.2, -0.15) is 0 Å². The number of carbonyl (C=O) groups is 2. The van der Waals surface area contributed by atoms with Crippen LogP contribution in [0.25, 0.3) is 0 Å². The quantitative estimate of drug-likeness (QED) is 0.547. The van der Waals surface area contributed by atoms with Crippen LogP contribution in [0.15, 0.2) is 12.2 Å². The van der Waals surface area contributed by atoms with E-state index in [1.807, 2.05) is 20.8 Å². The van der Waals surface area contributed by atoms with E-state index in [4.69, 9.17) is 9.47 Å². The monoisotopic (exact) mass is 281 g/mol. The van der Waals surface area contributed by atoms with Crippen LogP contribution in [-0.4, -0.2) is 42.3 Å². The molecule has 5 nitrogen and oxygen atoms in total. The summed E-state index contributed by atoms with van der Waals surface area (Å²) in [5.74, 6) is 0.107. The molecule has 0 aromatic rings. The Morgan fingerprint density at radius 3 is 2.45 bits per heavy atom. The van der Waals surface area contributed by atoms with Crippen LogP contribution in [0.2, 0.25) is 0 Å². The molecule has 112 valence electrons. The van der Waals surface area contributed by atoms with Gasteiger partial charge in [0, 0.05) is 6.54 Å². The third-order valence-corrected chi connectivity index (χ3v) is 3.86. The van der Waals surface area contributed by atoms with Crippen molar-refractivity contribution >= 4 is 12.1 Å². The predicted octanol–water partition coefficient (Wildman–Crippen LogP) is 2.36. The zero-order valence-electron chi connectivity index (χ0n) is 12.6. The first-order chi connectivity index (χ1) is 9.33. The average molecular weight is 281 g/mol. The Hall–Kier alpha value is -1.52. The van der Waals surface area contributed by atoms with Crippen LogP contribution in [0.3, 0.4) is 0 Å². The van der Waals surface area contributed by atoms with E-state index >= 15 is 0 Å². The number of hydrogen-bond acceptors (Lipinski definition) is 4. The number of hydrogen-bond donors (Lipinski definition) is 0. The Labute approximate surface area is 119 Å². The number of amides is 1. The summed E-state index contributed by atoms with van der Waals surface area (Å²) in [7, 11) is 1.36. The zero-order chi connectivity index (χ0) is 14.9. The van der Waals surface area contributed by atoms with Gasteiger partial charge >= 0.3 is 12.1 Å². The smallest absolute Gasteiger partial charge is 0.411 e. The Kier molecular flexibility index (Phi) is 4.06. The van der Waals surface area contributed by atoms with Crippen molar-refractivity contribution in [2.24, 2.45) is 11.8 Å². The minimum atomic E-state index is -0.566. The van der Waals surface area contributed by atoms with Crippen LogP contribution in [0, 0.1) is 11.8 Å². The first-order valence-corrected chi connectivity index (χ1v) is 7.06. The zero-order valence-corrected chi connectivity index (χ0v) is 12.6. The van der Waals surface area contributed by atoms with Gasteiger partial charge in [-0.25, -0.2) is 9.59 Å².